The summed E-state index contributed by atoms with van der Waals surface area (Å²) in [5.41, 5.74) is 0.274. The van der Waals surface area contributed by atoms with Crippen molar-refractivity contribution in [2.24, 2.45) is 5.92 Å². The van der Waals surface area contributed by atoms with Gasteiger partial charge in [0.05, 0.1) is 0 Å². The SMILES string of the molecule is CN(C)C(=O)CC1CCN(C(C)(C)C)CC1. The number of carbonyl (C=O) groups excluding carboxylic acids is 1. The van der Waals surface area contributed by atoms with E-state index in [0.717, 1.165) is 32.4 Å². The van der Waals surface area contributed by atoms with Crippen LogP contribution in [0.2, 0.25) is 0 Å². The lowest BCUT2D eigenvalue weighted by Crippen LogP contribution is -2.46. The molecular weight excluding hydrogens is 200 g/mol. The van der Waals surface area contributed by atoms with Crippen LogP contribution in [0.25, 0.3) is 0 Å². The van der Waals surface area contributed by atoms with Gasteiger partial charge in [0.2, 0.25) is 5.91 Å². The number of hydrogen-bond acceptors (Lipinski definition) is 2. The molecule has 0 aliphatic carbocycles. The molecule has 0 bridgehead atoms. The van der Waals surface area contributed by atoms with Crippen LogP contribution in [0.3, 0.4) is 0 Å². The molecule has 1 fully saturated rings. The number of nitrogens with zero attached hydrogens (tertiary/aromatic N) is 2. The van der Waals surface area contributed by atoms with E-state index in [-0.39, 0.29) is 11.4 Å². The van der Waals surface area contributed by atoms with Gasteiger partial charge in [-0.3, -0.25) is 9.69 Å². The zero-order chi connectivity index (χ0) is 12.3. The molecule has 0 atom stereocenters. The van der Waals surface area contributed by atoms with Crippen LogP contribution < -0.4 is 0 Å². The average molecular weight is 226 g/mol. The van der Waals surface area contributed by atoms with E-state index in [2.05, 4.69) is 25.7 Å². The molecule has 0 unspecified atom stereocenters. The Morgan fingerprint density at radius 3 is 2.12 bits per heavy atom. The molecule has 0 spiro atoms. The highest BCUT2D eigenvalue weighted by molar-refractivity contribution is 5.75. The quantitative estimate of drug-likeness (QED) is 0.719. The number of rotatable bonds is 2. The van der Waals surface area contributed by atoms with Gasteiger partial charge in [0, 0.05) is 26.1 Å². The number of amides is 1. The van der Waals surface area contributed by atoms with Crippen molar-refractivity contribution in [2.45, 2.75) is 45.6 Å². The molecule has 1 saturated heterocycles. The zero-order valence-electron chi connectivity index (χ0n) is 11.4. The minimum atomic E-state index is 0.272. The van der Waals surface area contributed by atoms with Gasteiger partial charge in [-0.15, -0.1) is 0 Å². The van der Waals surface area contributed by atoms with Crippen molar-refractivity contribution in [1.82, 2.24) is 9.80 Å². The summed E-state index contributed by atoms with van der Waals surface area (Å²) in [4.78, 5) is 15.8. The number of hydrogen-bond donors (Lipinski definition) is 0. The van der Waals surface area contributed by atoms with Gasteiger partial charge in [0.1, 0.15) is 0 Å². The number of likely N-dealkylation sites (tertiary alicyclic amines) is 1. The summed E-state index contributed by atoms with van der Waals surface area (Å²) in [6.45, 7) is 9.05. The van der Waals surface area contributed by atoms with Crippen molar-refractivity contribution >= 4 is 5.91 Å². The molecule has 16 heavy (non-hydrogen) atoms. The predicted octanol–water partition coefficient (Wildman–Crippen LogP) is 1.98. The molecule has 94 valence electrons. The smallest absolute Gasteiger partial charge is 0.222 e. The maximum atomic E-state index is 11.6. The topological polar surface area (TPSA) is 23.6 Å². The highest BCUT2D eigenvalue weighted by atomic mass is 16.2. The second kappa shape index (κ2) is 5.17. The summed E-state index contributed by atoms with van der Waals surface area (Å²) in [7, 11) is 3.68. The Morgan fingerprint density at radius 2 is 1.75 bits per heavy atom. The van der Waals surface area contributed by atoms with Gasteiger partial charge in [-0.05, 0) is 52.6 Å². The molecule has 1 amide bonds. The molecule has 1 rings (SSSR count). The second-order valence-corrected chi connectivity index (χ2v) is 6.09. The monoisotopic (exact) mass is 226 g/mol. The summed E-state index contributed by atoms with van der Waals surface area (Å²) in [5, 5.41) is 0. The lowest BCUT2D eigenvalue weighted by Gasteiger charge is -2.40. The summed E-state index contributed by atoms with van der Waals surface area (Å²) < 4.78 is 0. The van der Waals surface area contributed by atoms with Crippen molar-refractivity contribution in [1.29, 1.82) is 0 Å². The van der Waals surface area contributed by atoms with Crippen molar-refractivity contribution in [3.05, 3.63) is 0 Å². The first kappa shape index (κ1) is 13.5. The minimum absolute atomic E-state index is 0.272. The van der Waals surface area contributed by atoms with Gasteiger partial charge in [-0.2, -0.15) is 0 Å². The maximum Gasteiger partial charge on any atom is 0.222 e. The first-order valence-corrected chi connectivity index (χ1v) is 6.26. The molecule has 1 aliphatic rings. The third kappa shape index (κ3) is 3.78. The van der Waals surface area contributed by atoms with Crippen LogP contribution in [-0.2, 0) is 4.79 Å². The molecule has 0 radical (unpaired) electrons. The normalized spacial score (nSPS) is 19.8. The Balaban J connectivity index is 2.35. The summed E-state index contributed by atoms with van der Waals surface area (Å²) in [6, 6.07) is 0. The standard InChI is InChI=1S/C13H26N2O/c1-13(2,3)15-8-6-11(7-9-15)10-12(16)14(4)5/h11H,6-10H2,1-5H3. The summed E-state index contributed by atoms with van der Waals surface area (Å²) in [5.74, 6) is 0.864. The fraction of sp³-hybridized carbons (Fsp3) is 0.923. The Hall–Kier alpha value is -0.570. The van der Waals surface area contributed by atoms with E-state index in [1.165, 1.54) is 0 Å². The Labute approximate surface area is 99.8 Å². The molecule has 0 aromatic rings. The molecule has 0 N–H and O–H groups in total. The van der Waals surface area contributed by atoms with E-state index >= 15 is 0 Å². The Bertz CT molecular complexity index is 235. The Kier molecular flexibility index (Phi) is 4.36. The van der Waals surface area contributed by atoms with Crippen LogP contribution in [0.1, 0.15) is 40.0 Å². The van der Waals surface area contributed by atoms with Gasteiger partial charge in [-0.1, -0.05) is 0 Å². The maximum absolute atomic E-state index is 11.6. The average Bonchev–Trinajstić information content (AvgIpc) is 2.17. The van der Waals surface area contributed by atoms with Crippen molar-refractivity contribution in [3.63, 3.8) is 0 Å². The minimum Gasteiger partial charge on any atom is -0.349 e. The fourth-order valence-electron chi connectivity index (χ4n) is 2.24. The Morgan fingerprint density at radius 1 is 1.25 bits per heavy atom. The van der Waals surface area contributed by atoms with Gasteiger partial charge in [0.25, 0.3) is 0 Å². The van der Waals surface area contributed by atoms with Crippen LogP contribution in [0.15, 0.2) is 0 Å². The zero-order valence-corrected chi connectivity index (χ0v) is 11.4. The van der Waals surface area contributed by atoms with Crippen LogP contribution in [0.5, 0.6) is 0 Å². The molecule has 1 aliphatic heterocycles. The fourth-order valence-corrected chi connectivity index (χ4v) is 2.24. The molecule has 3 heteroatoms. The third-order valence-corrected chi connectivity index (χ3v) is 3.53. The third-order valence-electron chi connectivity index (χ3n) is 3.53. The van der Waals surface area contributed by atoms with E-state index in [9.17, 15) is 4.79 Å². The van der Waals surface area contributed by atoms with Crippen molar-refractivity contribution < 1.29 is 4.79 Å². The van der Waals surface area contributed by atoms with Crippen LogP contribution >= 0.6 is 0 Å². The first-order chi connectivity index (χ1) is 7.30. The number of piperidine rings is 1. The van der Waals surface area contributed by atoms with Crippen LogP contribution in [0, 0.1) is 5.92 Å². The highest BCUT2D eigenvalue weighted by Gasteiger charge is 2.27. The van der Waals surface area contributed by atoms with Crippen LogP contribution in [-0.4, -0.2) is 48.4 Å². The first-order valence-electron chi connectivity index (χ1n) is 6.26. The second-order valence-electron chi connectivity index (χ2n) is 6.09. The lowest BCUT2D eigenvalue weighted by molar-refractivity contribution is -0.130. The van der Waals surface area contributed by atoms with E-state index in [0.29, 0.717) is 5.92 Å². The molecule has 0 aromatic carbocycles. The van der Waals surface area contributed by atoms with E-state index in [1.807, 2.05) is 14.1 Å². The molecular formula is C13H26N2O. The molecule has 0 saturated carbocycles. The van der Waals surface area contributed by atoms with E-state index < -0.39 is 0 Å². The van der Waals surface area contributed by atoms with Crippen molar-refractivity contribution in [2.75, 3.05) is 27.2 Å². The van der Waals surface area contributed by atoms with E-state index in [4.69, 9.17) is 0 Å². The predicted molar refractivity (Wildman–Crippen MR) is 67.4 cm³/mol. The lowest BCUT2D eigenvalue weighted by atomic mass is 9.90. The largest absolute Gasteiger partial charge is 0.349 e. The van der Waals surface area contributed by atoms with Gasteiger partial charge in [0.15, 0.2) is 0 Å². The molecule has 0 aromatic heterocycles. The van der Waals surface area contributed by atoms with Crippen LogP contribution in [0.4, 0.5) is 0 Å². The highest BCUT2D eigenvalue weighted by Crippen LogP contribution is 2.25. The van der Waals surface area contributed by atoms with Gasteiger partial charge < -0.3 is 4.90 Å². The van der Waals surface area contributed by atoms with Gasteiger partial charge in [-0.25, -0.2) is 0 Å². The summed E-state index contributed by atoms with van der Waals surface area (Å²) in [6.07, 6.45) is 3.05. The van der Waals surface area contributed by atoms with Gasteiger partial charge >= 0.3 is 0 Å². The summed E-state index contributed by atoms with van der Waals surface area (Å²) >= 11 is 0. The molecule has 3 nitrogen and oxygen atoms in total. The van der Waals surface area contributed by atoms with E-state index in [1.54, 1.807) is 4.90 Å². The molecule has 1 heterocycles. The van der Waals surface area contributed by atoms with Crippen molar-refractivity contribution in [3.8, 4) is 0 Å². The number of carbonyl (C=O) groups is 1.